The van der Waals surface area contributed by atoms with Crippen molar-refractivity contribution in [1.29, 1.82) is 0 Å². The molecule has 1 aromatic carbocycles. The number of nitrogens with one attached hydrogen (secondary N) is 2. The Balaban J connectivity index is 2.70. The summed E-state index contributed by atoms with van der Waals surface area (Å²) >= 11 is 1.17. The van der Waals surface area contributed by atoms with Crippen LogP contribution in [-0.4, -0.2) is 21.8 Å². The third kappa shape index (κ3) is 4.04. The smallest absolute Gasteiger partial charge is 0.200 e. The number of nitrogens with zero attached hydrogens (tertiary/aromatic N) is 1. The molecule has 0 aliphatic heterocycles. The summed E-state index contributed by atoms with van der Waals surface area (Å²) in [5, 5.41) is 2.90. The van der Waals surface area contributed by atoms with Crippen LogP contribution in [0.25, 0.3) is 0 Å². The summed E-state index contributed by atoms with van der Waals surface area (Å²) in [6.07, 6.45) is 5.71. The molecule has 0 radical (unpaired) electrons. The van der Waals surface area contributed by atoms with E-state index in [4.69, 9.17) is 0 Å². The van der Waals surface area contributed by atoms with Crippen molar-refractivity contribution in [2.24, 2.45) is 7.05 Å². The number of ketones is 1. The molecule has 4 nitrogen and oxygen atoms in total. The van der Waals surface area contributed by atoms with Crippen LogP contribution < -0.4 is 4.72 Å². The van der Waals surface area contributed by atoms with Gasteiger partial charge in [-0.05, 0) is 42.7 Å². The molecule has 25 heavy (non-hydrogen) atoms. The van der Waals surface area contributed by atoms with Crippen LogP contribution in [0, 0.1) is 18.6 Å². The van der Waals surface area contributed by atoms with Gasteiger partial charge in [-0.15, -0.1) is 0 Å². The van der Waals surface area contributed by atoms with Crippen LogP contribution in [-0.2, 0) is 13.5 Å². The summed E-state index contributed by atoms with van der Waals surface area (Å²) < 4.78 is 33.3. The summed E-state index contributed by atoms with van der Waals surface area (Å²) in [6, 6.07) is 4.25. The fraction of sp³-hybridized carbons (Fsp3) is 0.278. The predicted molar refractivity (Wildman–Crippen MR) is 98.4 cm³/mol. The number of carbonyl (C=O) groups is 1. The molecule has 0 spiro atoms. The maximum atomic E-state index is 14.7. The van der Waals surface area contributed by atoms with Gasteiger partial charge in [-0.3, -0.25) is 9.48 Å². The lowest BCUT2D eigenvalue weighted by Crippen LogP contribution is -2.12. The number of hydrogen-bond acceptors (Lipinski definition) is 3. The lowest BCUT2D eigenvalue weighted by molar-refractivity contribution is 0.103. The van der Waals surface area contributed by atoms with Crippen LogP contribution >= 0.6 is 11.9 Å². The lowest BCUT2D eigenvalue weighted by atomic mass is 9.96. The molecular weight excluding hydrogens is 344 g/mol. The number of anilines is 1. The Morgan fingerprint density at radius 3 is 2.68 bits per heavy atom. The van der Waals surface area contributed by atoms with E-state index in [-0.39, 0.29) is 11.3 Å². The number of benzene rings is 1. The van der Waals surface area contributed by atoms with E-state index < -0.39 is 23.0 Å². The van der Waals surface area contributed by atoms with Crippen molar-refractivity contribution in [3.63, 3.8) is 0 Å². The van der Waals surface area contributed by atoms with Gasteiger partial charge >= 0.3 is 0 Å². The lowest BCUT2D eigenvalue weighted by Gasteiger charge is -2.12. The standard InChI is InChI=1S/C18H21F2N3OS/c1-5-12-8-9-23(3)21-10-13(11(12)2)18(24)16-14(19)6-7-15(17(16)20)22-25-4/h6-10,21-22H,5H2,1-4H3. The van der Waals surface area contributed by atoms with Gasteiger partial charge in [0.1, 0.15) is 5.82 Å². The normalized spacial score (nSPS) is 10.5. The van der Waals surface area contributed by atoms with E-state index in [1.807, 2.05) is 19.2 Å². The summed E-state index contributed by atoms with van der Waals surface area (Å²) in [6.45, 7) is 3.74. The first-order valence-corrected chi connectivity index (χ1v) is 9.02. The van der Waals surface area contributed by atoms with E-state index in [2.05, 4.69) is 9.82 Å². The zero-order chi connectivity index (χ0) is 18.6. The average molecular weight is 365 g/mol. The number of H-pyrrole nitrogens is 1. The minimum absolute atomic E-state index is 0.0750. The Bertz CT molecular complexity index is 841. The Kier molecular flexibility index (Phi) is 6.25. The predicted octanol–water partition coefficient (Wildman–Crippen LogP) is 4.55. The highest BCUT2D eigenvalue weighted by atomic mass is 32.2. The molecule has 0 bridgehead atoms. The molecule has 1 aromatic heterocycles. The third-order valence-corrected chi connectivity index (χ3v) is 4.38. The Morgan fingerprint density at radius 2 is 2.04 bits per heavy atom. The molecular formula is C18H21F2N3OS. The first kappa shape index (κ1) is 19.1. The molecule has 2 N–H and O–H groups in total. The zero-order valence-electron chi connectivity index (χ0n) is 14.6. The molecule has 0 saturated carbocycles. The molecule has 0 unspecified atom stereocenters. The highest BCUT2D eigenvalue weighted by molar-refractivity contribution is 7.99. The summed E-state index contributed by atoms with van der Waals surface area (Å²) in [5.74, 6) is -2.47. The number of aromatic amines is 1. The molecule has 134 valence electrons. The van der Waals surface area contributed by atoms with Crippen molar-refractivity contribution in [3.8, 4) is 0 Å². The quantitative estimate of drug-likeness (QED) is 0.604. The van der Waals surface area contributed by atoms with Crippen molar-refractivity contribution in [2.45, 2.75) is 20.3 Å². The molecule has 0 aliphatic carbocycles. The van der Waals surface area contributed by atoms with Gasteiger partial charge in [-0.2, -0.15) is 0 Å². The second kappa shape index (κ2) is 8.20. The second-order valence-corrected chi connectivity index (χ2v) is 6.15. The van der Waals surface area contributed by atoms with Gasteiger partial charge in [-0.25, -0.2) is 8.78 Å². The summed E-state index contributed by atoms with van der Waals surface area (Å²) in [7, 11) is 1.77. The maximum absolute atomic E-state index is 14.7. The Labute approximate surface area is 150 Å². The topological polar surface area (TPSA) is 49.8 Å². The molecule has 0 fully saturated rings. The highest BCUT2D eigenvalue weighted by Gasteiger charge is 2.23. The number of carbonyl (C=O) groups excluding carboxylic acids is 1. The fourth-order valence-electron chi connectivity index (χ4n) is 2.52. The average Bonchev–Trinajstić information content (AvgIpc) is 2.57. The van der Waals surface area contributed by atoms with Crippen molar-refractivity contribution in [2.75, 3.05) is 11.0 Å². The minimum atomic E-state index is -0.892. The highest BCUT2D eigenvalue weighted by Crippen LogP contribution is 2.26. The van der Waals surface area contributed by atoms with E-state index in [9.17, 15) is 13.6 Å². The van der Waals surface area contributed by atoms with Crippen LogP contribution in [0.15, 0.2) is 30.6 Å². The molecule has 0 aliphatic rings. The van der Waals surface area contributed by atoms with E-state index >= 15 is 0 Å². The first-order valence-electron chi connectivity index (χ1n) is 7.79. The number of hydrogen-bond donors (Lipinski definition) is 2. The number of aromatic nitrogens is 2. The second-order valence-electron chi connectivity index (χ2n) is 5.54. The first-order chi connectivity index (χ1) is 11.9. The Hall–Kier alpha value is -2.28. The van der Waals surface area contributed by atoms with Crippen LogP contribution in [0.2, 0.25) is 0 Å². The van der Waals surface area contributed by atoms with Crippen molar-refractivity contribution in [3.05, 3.63) is 64.5 Å². The van der Waals surface area contributed by atoms with Gasteiger partial charge in [-0.1, -0.05) is 18.9 Å². The monoisotopic (exact) mass is 365 g/mol. The van der Waals surface area contributed by atoms with Crippen molar-refractivity contribution >= 4 is 23.4 Å². The van der Waals surface area contributed by atoms with Gasteiger partial charge in [0.25, 0.3) is 0 Å². The van der Waals surface area contributed by atoms with Crippen LogP contribution in [0.1, 0.15) is 34.0 Å². The van der Waals surface area contributed by atoms with Gasteiger partial charge in [0, 0.05) is 31.3 Å². The number of rotatable bonds is 5. The van der Waals surface area contributed by atoms with E-state index in [0.717, 1.165) is 11.6 Å². The van der Waals surface area contributed by atoms with Crippen LogP contribution in [0.5, 0.6) is 0 Å². The van der Waals surface area contributed by atoms with Crippen LogP contribution in [0.3, 0.4) is 0 Å². The SMILES string of the molecule is CCc1ccn(C)[nH]cc(C(=O)c2c(F)ccc(NSC)c2F)c1C. The van der Waals surface area contributed by atoms with E-state index in [0.29, 0.717) is 12.0 Å². The van der Waals surface area contributed by atoms with E-state index in [1.54, 1.807) is 24.9 Å². The minimum Gasteiger partial charge on any atom is -0.327 e. The van der Waals surface area contributed by atoms with Gasteiger partial charge in [0.2, 0.25) is 5.78 Å². The molecule has 0 saturated heterocycles. The van der Waals surface area contributed by atoms with Gasteiger partial charge in [0.05, 0.1) is 11.3 Å². The molecule has 0 atom stereocenters. The molecule has 7 heteroatoms. The van der Waals surface area contributed by atoms with Gasteiger partial charge in [0.15, 0.2) is 5.82 Å². The van der Waals surface area contributed by atoms with Crippen LogP contribution in [0.4, 0.5) is 14.5 Å². The molecule has 2 rings (SSSR count). The number of halogens is 2. The van der Waals surface area contributed by atoms with Crippen molar-refractivity contribution in [1.82, 2.24) is 9.78 Å². The largest absolute Gasteiger partial charge is 0.327 e. The molecule has 0 amide bonds. The summed E-state index contributed by atoms with van der Waals surface area (Å²) in [4.78, 5) is 12.9. The van der Waals surface area contributed by atoms with E-state index in [1.165, 1.54) is 24.2 Å². The summed E-state index contributed by atoms with van der Waals surface area (Å²) in [5.41, 5.74) is 1.35. The molecule has 1 heterocycles. The fourth-order valence-corrected chi connectivity index (χ4v) is 2.90. The zero-order valence-corrected chi connectivity index (χ0v) is 15.4. The molecule has 2 aromatic rings. The Morgan fingerprint density at radius 1 is 1.32 bits per heavy atom. The van der Waals surface area contributed by atoms with Crippen molar-refractivity contribution < 1.29 is 13.6 Å². The third-order valence-electron chi connectivity index (χ3n) is 3.95. The number of aryl methyl sites for hydroxylation is 2. The van der Waals surface area contributed by atoms with Gasteiger partial charge < -0.3 is 9.82 Å². The maximum Gasteiger partial charge on any atom is 0.200 e.